The summed E-state index contributed by atoms with van der Waals surface area (Å²) in [5.74, 6) is -1.65. The number of ether oxygens (including phenoxy) is 1. The number of carbonyl (C=O) groups excluding carboxylic acids is 2. The van der Waals surface area contributed by atoms with Crippen LogP contribution in [-0.4, -0.2) is 27.4 Å². The molecular formula is C19H15ClFN3O3. The van der Waals surface area contributed by atoms with Crippen molar-refractivity contribution in [3.8, 4) is 0 Å². The van der Waals surface area contributed by atoms with Crippen LogP contribution in [-0.2, 0) is 14.3 Å². The van der Waals surface area contributed by atoms with Gasteiger partial charge in [-0.1, -0.05) is 17.7 Å². The highest BCUT2D eigenvalue weighted by Gasteiger charge is 2.17. The minimum absolute atomic E-state index is 0.243. The highest BCUT2D eigenvalue weighted by Crippen LogP contribution is 2.19. The highest BCUT2D eigenvalue weighted by molar-refractivity contribution is 6.31. The molecule has 0 saturated carbocycles. The van der Waals surface area contributed by atoms with Crippen molar-refractivity contribution in [1.29, 1.82) is 0 Å². The average molecular weight is 388 g/mol. The fourth-order valence-corrected chi connectivity index (χ4v) is 2.57. The van der Waals surface area contributed by atoms with Gasteiger partial charge in [0.05, 0.1) is 5.69 Å². The number of benzene rings is 1. The summed E-state index contributed by atoms with van der Waals surface area (Å²) >= 11 is 6.08. The van der Waals surface area contributed by atoms with Crippen LogP contribution in [0.5, 0.6) is 0 Å². The largest absolute Gasteiger partial charge is 0.449 e. The number of imidazole rings is 1. The van der Waals surface area contributed by atoms with Gasteiger partial charge in [-0.05, 0) is 49.4 Å². The number of nitrogens with zero attached hydrogens (tertiary/aromatic N) is 2. The summed E-state index contributed by atoms with van der Waals surface area (Å²) in [5, 5.41) is 2.78. The van der Waals surface area contributed by atoms with Gasteiger partial charge in [-0.25, -0.2) is 14.2 Å². The summed E-state index contributed by atoms with van der Waals surface area (Å²) in [6, 6.07) is 10.7. The van der Waals surface area contributed by atoms with Gasteiger partial charge in [0.2, 0.25) is 0 Å². The number of esters is 1. The van der Waals surface area contributed by atoms with Crippen molar-refractivity contribution < 1.29 is 18.7 Å². The van der Waals surface area contributed by atoms with Gasteiger partial charge in [-0.3, -0.25) is 9.20 Å². The zero-order valence-electron chi connectivity index (χ0n) is 14.2. The molecule has 0 aliphatic rings. The fraction of sp³-hybridized carbons (Fsp3) is 0.105. The van der Waals surface area contributed by atoms with Gasteiger partial charge in [0.15, 0.2) is 11.3 Å². The first kappa shape index (κ1) is 18.6. The van der Waals surface area contributed by atoms with Crippen LogP contribution in [0.25, 0.3) is 11.7 Å². The van der Waals surface area contributed by atoms with E-state index in [4.69, 9.17) is 16.3 Å². The van der Waals surface area contributed by atoms with Crippen molar-refractivity contribution in [2.45, 2.75) is 13.0 Å². The van der Waals surface area contributed by atoms with Gasteiger partial charge < -0.3 is 10.1 Å². The molecule has 8 heteroatoms. The maximum Gasteiger partial charge on any atom is 0.331 e. The molecule has 138 valence electrons. The molecule has 2 aromatic heterocycles. The third kappa shape index (κ3) is 4.51. The van der Waals surface area contributed by atoms with E-state index in [-0.39, 0.29) is 5.15 Å². The summed E-state index contributed by atoms with van der Waals surface area (Å²) < 4.78 is 19.7. The zero-order valence-corrected chi connectivity index (χ0v) is 15.0. The minimum atomic E-state index is -1.04. The van der Waals surface area contributed by atoms with Gasteiger partial charge >= 0.3 is 5.97 Å². The molecule has 3 aromatic rings. The van der Waals surface area contributed by atoms with Gasteiger partial charge in [0, 0.05) is 18.0 Å². The molecular weight excluding hydrogens is 373 g/mol. The van der Waals surface area contributed by atoms with Crippen LogP contribution >= 0.6 is 11.6 Å². The number of rotatable bonds is 5. The topological polar surface area (TPSA) is 72.7 Å². The van der Waals surface area contributed by atoms with Crippen molar-refractivity contribution >= 4 is 40.9 Å². The van der Waals surface area contributed by atoms with Crippen LogP contribution in [0, 0.1) is 5.82 Å². The van der Waals surface area contributed by atoms with Crippen LogP contribution in [0.1, 0.15) is 12.6 Å². The number of halogens is 2. The monoisotopic (exact) mass is 387 g/mol. The number of nitrogens with one attached hydrogen (secondary N) is 1. The molecule has 27 heavy (non-hydrogen) atoms. The van der Waals surface area contributed by atoms with E-state index in [1.807, 2.05) is 12.1 Å². The van der Waals surface area contributed by atoms with Gasteiger partial charge in [-0.2, -0.15) is 0 Å². The normalized spacial score (nSPS) is 12.3. The lowest BCUT2D eigenvalue weighted by atomic mass is 10.3. The second kappa shape index (κ2) is 8.01. The average Bonchev–Trinajstić information content (AvgIpc) is 2.97. The van der Waals surface area contributed by atoms with Crippen molar-refractivity contribution in [3.63, 3.8) is 0 Å². The molecule has 0 aliphatic carbocycles. The first-order chi connectivity index (χ1) is 12.9. The third-order valence-corrected chi connectivity index (χ3v) is 3.95. The van der Waals surface area contributed by atoms with Crippen LogP contribution in [0.15, 0.2) is 54.7 Å². The lowest BCUT2D eigenvalue weighted by Gasteiger charge is -2.12. The molecule has 1 N–H and O–H groups in total. The molecule has 1 aromatic carbocycles. The number of hydrogen-bond donors (Lipinski definition) is 1. The van der Waals surface area contributed by atoms with E-state index in [0.717, 1.165) is 0 Å². The summed E-state index contributed by atoms with van der Waals surface area (Å²) in [5.41, 5.74) is 1.56. The molecule has 2 heterocycles. The molecule has 0 aliphatic heterocycles. The Hall–Kier alpha value is -3.19. The van der Waals surface area contributed by atoms with Crippen LogP contribution in [0.2, 0.25) is 5.15 Å². The molecule has 1 atom stereocenters. The Balaban J connectivity index is 1.62. The Kier molecular flexibility index (Phi) is 5.52. The number of anilines is 1. The summed E-state index contributed by atoms with van der Waals surface area (Å²) in [6.07, 6.45) is 3.36. The van der Waals surface area contributed by atoms with Crippen LogP contribution in [0.3, 0.4) is 0 Å². The van der Waals surface area contributed by atoms with E-state index in [0.29, 0.717) is 17.0 Å². The number of aromatic nitrogens is 2. The zero-order chi connectivity index (χ0) is 19.4. The molecule has 6 nitrogen and oxygen atoms in total. The van der Waals surface area contributed by atoms with E-state index >= 15 is 0 Å². The third-order valence-electron chi connectivity index (χ3n) is 3.67. The number of pyridine rings is 1. The summed E-state index contributed by atoms with van der Waals surface area (Å²) in [4.78, 5) is 28.2. The minimum Gasteiger partial charge on any atom is -0.449 e. The number of hydrogen-bond acceptors (Lipinski definition) is 4. The van der Waals surface area contributed by atoms with E-state index < -0.39 is 23.8 Å². The SMILES string of the molecule is C[C@H](OC(=O)/C=C/c1c(Cl)nc2ccccn12)C(=O)Nc1ccc(F)cc1. The number of fused-ring (bicyclic) bond motifs is 1. The molecule has 3 rings (SSSR count). The van der Waals surface area contributed by atoms with Crippen LogP contribution < -0.4 is 5.32 Å². The number of carbonyl (C=O) groups is 2. The Bertz CT molecular complexity index is 1010. The van der Waals surface area contributed by atoms with Crippen molar-refractivity contribution in [2.75, 3.05) is 5.32 Å². The predicted molar refractivity (Wildman–Crippen MR) is 99.8 cm³/mol. The first-order valence-corrected chi connectivity index (χ1v) is 8.39. The second-order valence-corrected chi connectivity index (χ2v) is 5.98. The molecule has 0 radical (unpaired) electrons. The van der Waals surface area contributed by atoms with Gasteiger partial charge in [-0.15, -0.1) is 0 Å². The summed E-state index contributed by atoms with van der Waals surface area (Å²) in [6.45, 7) is 1.44. The van der Waals surface area contributed by atoms with E-state index in [9.17, 15) is 14.0 Å². The second-order valence-electron chi connectivity index (χ2n) is 5.63. The predicted octanol–water partition coefficient (Wildman–Crippen LogP) is 3.71. The molecule has 0 saturated heterocycles. The molecule has 1 amide bonds. The quantitative estimate of drug-likeness (QED) is 0.535. The standard InChI is InChI=1S/C19H15ClFN3O3/c1-12(19(26)22-14-7-5-13(21)6-8-14)27-17(25)10-9-15-18(20)23-16-4-2-3-11-24(15)16/h2-12H,1H3,(H,22,26)/b10-9+/t12-/m0/s1. The summed E-state index contributed by atoms with van der Waals surface area (Å²) in [7, 11) is 0. The lowest BCUT2D eigenvalue weighted by molar-refractivity contribution is -0.148. The van der Waals surface area contributed by atoms with Crippen molar-refractivity contribution in [3.05, 3.63) is 71.4 Å². The maximum absolute atomic E-state index is 12.9. The van der Waals surface area contributed by atoms with Crippen molar-refractivity contribution in [2.24, 2.45) is 0 Å². The maximum atomic E-state index is 12.9. The van der Waals surface area contributed by atoms with Crippen LogP contribution in [0.4, 0.5) is 10.1 Å². The first-order valence-electron chi connectivity index (χ1n) is 8.02. The number of amides is 1. The van der Waals surface area contributed by atoms with E-state index in [1.165, 1.54) is 43.3 Å². The molecule has 0 bridgehead atoms. The van der Waals surface area contributed by atoms with E-state index in [1.54, 1.807) is 16.7 Å². The Morgan fingerprint density at radius 2 is 2.00 bits per heavy atom. The van der Waals surface area contributed by atoms with Crippen molar-refractivity contribution in [1.82, 2.24) is 9.38 Å². The fourth-order valence-electron chi connectivity index (χ4n) is 2.33. The highest BCUT2D eigenvalue weighted by atomic mass is 35.5. The smallest absolute Gasteiger partial charge is 0.331 e. The lowest BCUT2D eigenvalue weighted by Crippen LogP contribution is -2.29. The Labute approximate surface area is 159 Å². The van der Waals surface area contributed by atoms with E-state index in [2.05, 4.69) is 10.3 Å². The molecule has 0 unspecified atom stereocenters. The van der Waals surface area contributed by atoms with Gasteiger partial charge in [0.25, 0.3) is 5.91 Å². The molecule has 0 fully saturated rings. The Morgan fingerprint density at radius 1 is 1.26 bits per heavy atom. The molecule has 0 spiro atoms. The Morgan fingerprint density at radius 3 is 2.74 bits per heavy atom. The van der Waals surface area contributed by atoms with Gasteiger partial charge in [0.1, 0.15) is 11.5 Å².